The lowest BCUT2D eigenvalue weighted by Gasteiger charge is -1.86. The van der Waals surface area contributed by atoms with Gasteiger partial charge in [-0.05, 0) is 11.6 Å². The molecule has 5 heteroatoms. The van der Waals surface area contributed by atoms with Crippen molar-refractivity contribution in [3.05, 3.63) is 42.0 Å². The summed E-state index contributed by atoms with van der Waals surface area (Å²) >= 11 is -2.61. The van der Waals surface area contributed by atoms with Gasteiger partial charge in [-0.1, -0.05) is 36.4 Å². The number of benzene rings is 1. The minimum absolute atomic E-state index is 0.771. The SMILES string of the molecule is O=C/C=C/c1ccccc1.O=S(O)O. The van der Waals surface area contributed by atoms with Crippen molar-refractivity contribution < 1.29 is 18.1 Å². The zero-order chi connectivity index (χ0) is 10.8. The van der Waals surface area contributed by atoms with Crippen LogP contribution in [0.5, 0.6) is 0 Å². The van der Waals surface area contributed by atoms with Crippen molar-refractivity contribution in [2.45, 2.75) is 0 Å². The van der Waals surface area contributed by atoms with Crippen molar-refractivity contribution in [2.24, 2.45) is 0 Å². The van der Waals surface area contributed by atoms with Gasteiger partial charge in [0, 0.05) is 0 Å². The second kappa shape index (κ2) is 8.31. The van der Waals surface area contributed by atoms with E-state index < -0.39 is 11.4 Å². The number of rotatable bonds is 2. The first-order chi connectivity index (χ1) is 6.66. The molecule has 0 fully saturated rings. The Morgan fingerprint density at radius 1 is 1.14 bits per heavy atom. The van der Waals surface area contributed by atoms with E-state index >= 15 is 0 Å². The van der Waals surface area contributed by atoms with Crippen LogP contribution in [0.15, 0.2) is 36.4 Å². The Hall–Kier alpha value is -1.30. The van der Waals surface area contributed by atoms with Crippen LogP contribution >= 0.6 is 0 Å². The lowest BCUT2D eigenvalue weighted by atomic mass is 10.2. The molecule has 1 aromatic rings. The number of hydrogen-bond acceptors (Lipinski definition) is 2. The predicted molar refractivity (Wildman–Crippen MR) is 54.9 cm³/mol. The molecule has 0 saturated carbocycles. The van der Waals surface area contributed by atoms with Crippen LogP contribution in [-0.2, 0) is 16.2 Å². The summed E-state index contributed by atoms with van der Waals surface area (Å²) in [5.74, 6) is 0. The monoisotopic (exact) mass is 214 g/mol. The van der Waals surface area contributed by atoms with Gasteiger partial charge in [-0.3, -0.25) is 13.9 Å². The minimum atomic E-state index is -2.61. The lowest BCUT2D eigenvalue weighted by Crippen LogP contribution is -1.74. The molecule has 0 aromatic heterocycles. The molecule has 0 bridgehead atoms. The summed E-state index contributed by atoms with van der Waals surface area (Å²) in [5, 5.41) is 0. The third kappa shape index (κ3) is 8.79. The molecule has 0 heterocycles. The summed E-state index contributed by atoms with van der Waals surface area (Å²) in [6, 6.07) is 9.70. The van der Waals surface area contributed by atoms with Crippen molar-refractivity contribution in [1.82, 2.24) is 0 Å². The Bertz CT molecular complexity index is 304. The van der Waals surface area contributed by atoms with Crippen LogP contribution in [0.3, 0.4) is 0 Å². The number of carbonyl (C=O) groups is 1. The van der Waals surface area contributed by atoms with Crippen LogP contribution in [0, 0.1) is 0 Å². The summed E-state index contributed by atoms with van der Waals surface area (Å²) in [5.41, 5.74) is 1.05. The smallest absolute Gasteiger partial charge is 0.299 e. The van der Waals surface area contributed by atoms with Gasteiger partial charge < -0.3 is 0 Å². The van der Waals surface area contributed by atoms with Crippen LogP contribution in [0.4, 0.5) is 0 Å². The number of carbonyl (C=O) groups excluding carboxylic acids is 1. The van der Waals surface area contributed by atoms with Crippen molar-refractivity contribution in [2.75, 3.05) is 0 Å². The summed E-state index contributed by atoms with van der Waals surface area (Å²) in [6.45, 7) is 0. The molecule has 0 unspecified atom stereocenters. The minimum Gasteiger partial charge on any atom is -0.299 e. The topological polar surface area (TPSA) is 74.6 Å². The van der Waals surface area contributed by atoms with Crippen molar-refractivity contribution in [3.8, 4) is 0 Å². The summed E-state index contributed by atoms with van der Waals surface area (Å²) in [4.78, 5) is 9.89. The van der Waals surface area contributed by atoms with Gasteiger partial charge >= 0.3 is 0 Å². The molecule has 0 atom stereocenters. The molecule has 1 aromatic carbocycles. The molecule has 4 nitrogen and oxygen atoms in total. The molecule has 0 saturated heterocycles. The average Bonchev–Trinajstić information content (AvgIpc) is 2.15. The molecule has 14 heavy (non-hydrogen) atoms. The fourth-order valence-corrected chi connectivity index (χ4v) is 0.715. The molecule has 0 radical (unpaired) electrons. The first kappa shape index (κ1) is 12.7. The van der Waals surface area contributed by atoms with E-state index in [9.17, 15) is 4.79 Å². The third-order valence-electron chi connectivity index (χ3n) is 1.17. The van der Waals surface area contributed by atoms with Crippen molar-refractivity contribution in [3.63, 3.8) is 0 Å². The van der Waals surface area contributed by atoms with E-state index in [1.807, 2.05) is 30.3 Å². The van der Waals surface area contributed by atoms with Gasteiger partial charge in [0.1, 0.15) is 6.29 Å². The molecule has 1 rings (SSSR count). The fraction of sp³-hybridized carbons (Fsp3) is 0. The summed E-state index contributed by atoms with van der Waals surface area (Å²) in [6.07, 6.45) is 4.02. The second-order valence-electron chi connectivity index (χ2n) is 2.14. The van der Waals surface area contributed by atoms with Gasteiger partial charge in [-0.15, -0.1) is 0 Å². The predicted octanol–water partition coefficient (Wildman–Crippen LogP) is 1.58. The quantitative estimate of drug-likeness (QED) is 0.445. The maximum atomic E-state index is 9.89. The summed E-state index contributed by atoms with van der Waals surface area (Å²) in [7, 11) is 0. The lowest BCUT2D eigenvalue weighted by molar-refractivity contribution is -0.104. The van der Waals surface area contributed by atoms with Crippen LogP contribution in [0.25, 0.3) is 6.08 Å². The molecule has 0 spiro atoms. The Balaban J connectivity index is 0.000000364. The zero-order valence-electron chi connectivity index (χ0n) is 7.24. The molecule has 76 valence electrons. The Labute approximate surface area is 84.4 Å². The average molecular weight is 214 g/mol. The second-order valence-corrected chi connectivity index (χ2v) is 2.60. The highest BCUT2D eigenvalue weighted by atomic mass is 32.2. The maximum absolute atomic E-state index is 9.89. The molecular weight excluding hydrogens is 204 g/mol. The van der Waals surface area contributed by atoms with E-state index in [-0.39, 0.29) is 0 Å². The van der Waals surface area contributed by atoms with E-state index in [1.165, 1.54) is 6.08 Å². The van der Waals surface area contributed by atoms with Crippen LogP contribution in [0.2, 0.25) is 0 Å². The highest BCUT2D eigenvalue weighted by molar-refractivity contribution is 7.73. The van der Waals surface area contributed by atoms with E-state index in [2.05, 4.69) is 0 Å². The van der Waals surface area contributed by atoms with E-state index in [1.54, 1.807) is 6.08 Å². The first-order valence-corrected chi connectivity index (χ1v) is 4.70. The molecule has 0 aliphatic carbocycles. The van der Waals surface area contributed by atoms with Crippen LogP contribution in [-0.4, -0.2) is 19.6 Å². The largest absolute Gasteiger partial charge is 0.299 e. The molecule has 0 aliphatic heterocycles. The highest BCUT2D eigenvalue weighted by Gasteiger charge is 1.79. The Morgan fingerprint density at radius 2 is 1.64 bits per heavy atom. The molecule has 2 N–H and O–H groups in total. The van der Waals surface area contributed by atoms with Gasteiger partial charge in [-0.25, -0.2) is 0 Å². The van der Waals surface area contributed by atoms with E-state index in [0.717, 1.165) is 11.8 Å². The molecular formula is C9H10O4S. The molecule has 0 amide bonds. The number of hydrogen-bond donors (Lipinski definition) is 2. The van der Waals surface area contributed by atoms with Crippen molar-refractivity contribution in [1.29, 1.82) is 0 Å². The van der Waals surface area contributed by atoms with Crippen LogP contribution in [0.1, 0.15) is 5.56 Å². The van der Waals surface area contributed by atoms with Gasteiger partial charge in [0.2, 0.25) is 0 Å². The van der Waals surface area contributed by atoms with Crippen LogP contribution < -0.4 is 0 Å². The Morgan fingerprint density at radius 3 is 2.07 bits per heavy atom. The van der Waals surface area contributed by atoms with Gasteiger partial charge in [-0.2, -0.15) is 4.21 Å². The number of allylic oxidation sites excluding steroid dienone is 1. The fourth-order valence-electron chi connectivity index (χ4n) is 0.715. The van der Waals surface area contributed by atoms with E-state index in [4.69, 9.17) is 13.3 Å². The zero-order valence-corrected chi connectivity index (χ0v) is 8.05. The highest BCUT2D eigenvalue weighted by Crippen LogP contribution is 1.99. The van der Waals surface area contributed by atoms with Crippen molar-refractivity contribution >= 4 is 23.7 Å². The summed E-state index contributed by atoms with van der Waals surface area (Å²) < 4.78 is 22.8. The van der Waals surface area contributed by atoms with E-state index in [0.29, 0.717) is 0 Å². The Kier molecular flexibility index (Phi) is 7.53. The van der Waals surface area contributed by atoms with Gasteiger partial charge in [0.15, 0.2) is 0 Å². The standard InChI is InChI=1S/C9H8O.H2O3S/c10-8-4-7-9-5-2-1-3-6-9;1-4(2)3/h1-8H;(H2,1,2,3)/b7-4+;. The number of aldehydes is 1. The third-order valence-corrected chi connectivity index (χ3v) is 1.17. The van der Waals surface area contributed by atoms with Gasteiger partial charge in [0.05, 0.1) is 0 Å². The normalized spacial score (nSPS) is 9.64. The van der Waals surface area contributed by atoms with Gasteiger partial charge in [0.25, 0.3) is 11.4 Å². The maximum Gasteiger partial charge on any atom is 0.299 e. The first-order valence-electron chi connectivity index (χ1n) is 3.63. The molecule has 0 aliphatic rings.